The number of hydrogen-bond donors (Lipinski definition) is 2. The van der Waals surface area contributed by atoms with Crippen molar-refractivity contribution in [1.29, 1.82) is 0 Å². The minimum Gasteiger partial charge on any atom is -0.493 e. The summed E-state index contributed by atoms with van der Waals surface area (Å²) in [6.45, 7) is 4.47. The summed E-state index contributed by atoms with van der Waals surface area (Å²) in [6, 6.07) is 9.88. The van der Waals surface area contributed by atoms with Gasteiger partial charge in [-0.05, 0) is 56.5 Å². The summed E-state index contributed by atoms with van der Waals surface area (Å²) in [5.41, 5.74) is 3.79. The van der Waals surface area contributed by atoms with E-state index in [0.717, 1.165) is 41.0 Å². The molecule has 0 amide bonds. The Hall–Kier alpha value is -4.01. The number of nitrogens with zero attached hydrogens (tertiary/aromatic N) is 5. The SMILES string of the molecule is Cc1ncc([C@H](CC(=O)O)n2ncc3cc(OCCc4ccc5c(n4)N[C@H](C)CC5)ccc32)cn1. The van der Waals surface area contributed by atoms with Crippen LogP contribution in [0.4, 0.5) is 5.82 Å². The Bertz CT molecular complexity index is 1350. The molecule has 0 saturated heterocycles. The Balaban J connectivity index is 1.29. The number of fused-ring (bicyclic) bond motifs is 2. The largest absolute Gasteiger partial charge is 0.493 e. The van der Waals surface area contributed by atoms with Crippen LogP contribution in [0.1, 0.15) is 48.5 Å². The number of aliphatic carboxylic acids is 1. The van der Waals surface area contributed by atoms with Crippen molar-refractivity contribution < 1.29 is 14.6 Å². The molecule has 0 spiro atoms. The van der Waals surface area contributed by atoms with Crippen molar-refractivity contribution in [2.75, 3.05) is 11.9 Å². The molecule has 2 atom stereocenters. The summed E-state index contributed by atoms with van der Waals surface area (Å²) in [6.07, 6.45) is 7.82. The summed E-state index contributed by atoms with van der Waals surface area (Å²) in [7, 11) is 0. The Morgan fingerprint density at radius 1 is 1.23 bits per heavy atom. The molecule has 0 saturated carbocycles. The topological polar surface area (TPSA) is 115 Å². The molecule has 0 radical (unpaired) electrons. The molecule has 4 heterocycles. The second kappa shape index (κ2) is 9.69. The lowest BCUT2D eigenvalue weighted by molar-refractivity contribution is -0.137. The third-order valence-electron chi connectivity index (χ3n) is 6.31. The van der Waals surface area contributed by atoms with E-state index < -0.39 is 12.0 Å². The molecule has 5 rings (SSSR count). The van der Waals surface area contributed by atoms with Gasteiger partial charge >= 0.3 is 5.97 Å². The van der Waals surface area contributed by atoms with Crippen LogP contribution in [0, 0.1) is 6.92 Å². The first-order chi connectivity index (χ1) is 17.0. The first-order valence-corrected chi connectivity index (χ1v) is 11.8. The highest BCUT2D eigenvalue weighted by Gasteiger charge is 2.21. The van der Waals surface area contributed by atoms with E-state index in [1.807, 2.05) is 18.2 Å². The number of aryl methyl sites for hydroxylation is 2. The maximum Gasteiger partial charge on any atom is 0.305 e. The smallest absolute Gasteiger partial charge is 0.305 e. The van der Waals surface area contributed by atoms with Crippen LogP contribution in [0.5, 0.6) is 5.75 Å². The van der Waals surface area contributed by atoms with E-state index in [9.17, 15) is 9.90 Å². The fraction of sp³-hybridized carbons (Fsp3) is 0.346. The first kappa shape index (κ1) is 22.8. The van der Waals surface area contributed by atoms with E-state index in [2.05, 4.69) is 39.4 Å². The standard InChI is InChI=1S/C26H28N6O3/c1-16-3-4-18-5-6-21(31-26(18)30-16)9-10-35-22-7-8-23-19(11-22)15-29-32(23)24(12-25(33)34)20-13-27-17(2)28-14-20/h5-8,11,13-16,24H,3-4,9-10,12H2,1-2H3,(H,30,31)(H,33,34)/t16-,24+/m1/s1. The van der Waals surface area contributed by atoms with Crippen molar-refractivity contribution in [3.8, 4) is 5.75 Å². The summed E-state index contributed by atoms with van der Waals surface area (Å²) >= 11 is 0. The molecular weight excluding hydrogens is 444 g/mol. The van der Waals surface area contributed by atoms with Gasteiger partial charge in [0.15, 0.2) is 0 Å². The predicted molar refractivity (Wildman–Crippen MR) is 132 cm³/mol. The van der Waals surface area contributed by atoms with Gasteiger partial charge in [-0.25, -0.2) is 15.0 Å². The van der Waals surface area contributed by atoms with Crippen molar-refractivity contribution in [3.05, 3.63) is 71.6 Å². The lowest BCUT2D eigenvalue weighted by Crippen LogP contribution is -2.23. The van der Waals surface area contributed by atoms with Crippen LogP contribution in [-0.2, 0) is 17.6 Å². The zero-order valence-corrected chi connectivity index (χ0v) is 19.8. The highest BCUT2D eigenvalue weighted by atomic mass is 16.5. The van der Waals surface area contributed by atoms with Crippen LogP contribution in [0.25, 0.3) is 10.9 Å². The average molecular weight is 473 g/mol. The molecule has 0 unspecified atom stereocenters. The number of nitrogens with one attached hydrogen (secondary N) is 1. The molecule has 3 aromatic heterocycles. The third-order valence-corrected chi connectivity index (χ3v) is 6.31. The van der Waals surface area contributed by atoms with Gasteiger partial charge in [0, 0.05) is 41.5 Å². The third kappa shape index (κ3) is 5.08. The zero-order valence-electron chi connectivity index (χ0n) is 19.8. The van der Waals surface area contributed by atoms with Crippen LogP contribution < -0.4 is 10.1 Å². The van der Waals surface area contributed by atoms with Gasteiger partial charge in [0.1, 0.15) is 17.4 Å². The van der Waals surface area contributed by atoms with Gasteiger partial charge in [0.25, 0.3) is 0 Å². The minimum absolute atomic E-state index is 0.122. The van der Waals surface area contributed by atoms with Crippen molar-refractivity contribution in [3.63, 3.8) is 0 Å². The predicted octanol–water partition coefficient (Wildman–Crippen LogP) is 3.96. The molecule has 9 heteroatoms. The molecule has 0 fully saturated rings. The second-order valence-electron chi connectivity index (χ2n) is 8.98. The van der Waals surface area contributed by atoms with Gasteiger partial charge in [0.2, 0.25) is 0 Å². The van der Waals surface area contributed by atoms with Gasteiger partial charge in [-0.15, -0.1) is 0 Å². The van der Waals surface area contributed by atoms with Crippen LogP contribution in [0.15, 0.2) is 48.9 Å². The van der Waals surface area contributed by atoms with Gasteiger partial charge in [-0.1, -0.05) is 6.07 Å². The molecule has 1 aliphatic heterocycles. The van der Waals surface area contributed by atoms with Gasteiger partial charge in [-0.2, -0.15) is 5.10 Å². The molecule has 1 aromatic carbocycles. The number of carbonyl (C=O) groups is 1. The maximum absolute atomic E-state index is 11.6. The minimum atomic E-state index is -0.917. The zero-order chi connectivity index (χ0) is 24.4. The van der Waals surface area contributed by atoms with E-state index in [-0.39, 0.29) is 6.42 Å². The number of benzene rings is 1. The quantitative estimate of drug-likeness (QED) is 0.396. The van der Waals surface area contributed by atoms with Gasteiger partial charge < -0.3 is 15.2 Å². The highest BCUT2D eigenvalue weighted by molar-refractivity contribution is 5.81. The summed E-state index contributed by atoms with van der Waals surface area (Å²) in [4.78, 5) is 24.8. The van der Waals surface area contributed by atoms with Crippen molar-refractivity contribution >= 4 is 22.7 Å². The number of ether oxygens (including phenoxy) is 1. The summed E-state index contributed by atoms with van der Waals surface area (Å²) < 4.78 is 7.72. The molecule has 0 aliphatic carbocycles. The van der Waals surface area contributed by atoms with Gasteiger partial charge in [0.05, 0.1) is 30.8 Å². The van der Waals surface area contributed by atoms with E-state index >= 15 is 0 Å². The molecule has 180 valence electrons. The number of aromatic nitrogens is 5. The van der Waals surface area contributed by atoms with Crippen molar-refractivity contribution in [2.45, 2.75) is 51.6 Å². The fourth-order valence-corrected chi connectivity index (χ4v) is 4.40. The van der Waals surface area contributed by atoms with E-state index in [1.54, 1.807) is 30.2 Å². The number of pyridine rings is 1. The molecule has 0 bridgehead atoms. The van der Waals surface area contributed by atoms with E-state index in [1.165, 1.54) is 5.56 Å². The normalized spacial score (nSPS) is 15.9. The maximum atomic E-state index is 11.6. The monoisotopic (exact) mass is 472 g/mol. The van der Waals surface area contributed by atoms with Crippen LogP contribution in [-0.4, -0.2) is 48.5 Å². The van der Waals surface area contributed by atoms with E-state index in [4.69, 9.17) is 9.72 Å². The first-order valence-electron chi connectivity index (χ1n) is 11.8. The van der Waals surface area contributed by atoms with Crippen molar-refractivity contribution in [1.82, 2.24) is 24.7 Å². The summed E-state index contributed by atoms with van der Waals surface area (Å²) in [5.74, 6) is 1.44. The molecule has 1 aliphatic rings. The lowest BCUT2D eigenvalue weighted by atomic mass is 10.0. The highest BCUT2D eigenvalue weighted by Crippen LogP contribution is 2.28. The van der Waals surface area contributed by atoms with E-state index in [0.29, 0.717) is 30.5 Å². The molecular formula is C26H28N6O3. The molecule has 9 nitrogen and oxygen atoms in total. The Kier molecular flexibility index (Phi) is 6.31. The Labute approximate surface area is 203 Å². The van der Waals surface area contributed by atoms with Crippen LogP contribution in [0.2, 0.25) is 0 Å². The lowest BCUT2D eigenvalue weighted by Gasteiger charge is -2.23. The number of carboxylic acids is 1. The molecule has 35 heavy (non-hydrogen) atoms. The summed E-state index contributed by atoms with van der Waals surface area (Å²) in [5, 5.41) is 18.3. The fourth-order valence-electron chi connectivity index (χ4n) is 4.40. The number of anilines is 1. The second-order valence-corrected chi connectivity index (χ2v) is 8.98. The van der Waals surface area contributed by atoms with Crippen molar-refractivity contribution in [2.24, 2.45) is 0 Å². The Morgan fingerprint density at radius 2 is 2.06 bits per heavy atom. The van der Waals surface area contributed by atoms with Gasteiger partial charge in [-0.3, -0.25) is 9.48 Å². The number of hydrogen-bond acceptors (Lipinski definition) is 7. The van der Waals surface area contributed by atoms with Crippen LogP contribution >= 0.6 is 0 Å². The number of carboxylic acid groups (broad SMARTS) is 1. The molecule has 2 N–H and O–H groups in total. The molecule has 4 aromatic rings. The number of rotatable bonds is 8. The van der Waals surface area contributed by atoms with Crippen LogP contribution in [0.3, 0.4) is 0 Å². The average Bonchev–Trinajstić information content (AvgIpc) is 3.26. The Morgan fingerprint density at radius 3 is 2.86 bits per heavy atom.